The summed E-state index contributed by atoms with van der Waals surface area (Å²) in [5.41, 5.74) is 5.93. The van der Waals surface area contributed by atoms with Gasteiger partial charge in [0.15, 0.2) is 9.84 Å². The van der Waals surface area contributed by atoms with Crippen LogP contribution in [0.2, 0.25) is 0 Å². The number of amides is 1. The summed E-state index contributed by atoms with van der Waals surface area (Å²) in [5, 5.41) is 2.77. The smallest absolute Gasteiger partial charge is 0.235 e. The number of rotatable bonds is 4. The summed E-state index contributed by atoms with van der Waals surface area (Å²) in [6, 6.07) is 6.13. The van der Waals surface area contributed by atoms with Crippen LogP contribution in [0.3, 0.4) is 0 Å². The molecule has 0 saturated heterocycles. The molecule has 5 nitrogen and oxygen atoms in total. The Bertz CT molecular complexity index is 563. The van der Waals surface area contributed by atoms with Crippen molar-refractivity contribution in [2.75, 3.05) is 11.5 Å². The standard InChI is InChI=1S/C13H18N2O3S/c14-10-4-3-7-12(8-10)19(17,18)9-13(16)15-11-5-1-2-6-11/h3-4,7-8,11H,1-2,5-6,9,14H2,(H,15,16). The van der Waals surface area contributed by atoms with E-state index in [9.17, 15) is 13.2 Å². The van der Waals surface area contributed by atoms with Gasteiger partial charge in [-0.05, 0) is 31.0 Å². The Morgan fingerprint density at radius 1 is 1.32 bits per heavy atom. The number of nitrogens with two attached hydrogens (primary N) is 1. The van der Waals surface area contributed by atoms with Gasteiger partial charge in [-0.25, -0.2) is 8.42 Å². The number of hydrogen-bond acceptors (Lipinski definition) is 4. The Labute approximate surface area is 113 Å². The first-order valence-electron chi connectivity index (χ1n) is 6.35. The summed E-state index contributed by atoms with van der Waals surface area (Å²) in [5.74, 6) is -0.957. The van der Waals surface area contributed by atoms with Crippen molar-refractivity contribution in [3.63, 3.8) is 0 Å². The molecule has 0 aromatic heterocycles. The molecular formula is C13H18N2O3S. The van der Waals surface area contributed by atoms with Gasteiger partial charge in [-0.15, -0.1) is 0 Å². The molecule has 0 bridgehead atoms. The lowest BCUT2D eigenvalue weighted by Gasteiger charge is -2.12. The molecule has 104 valence electrons. The van der Waals surface area contributed by atoms with Gasteiger partial charge in [0, 0.05) is 11.7 Å². The van der Waals surface area contributed by atoms with E-state index in [0.717, 1.165) is 25.7 Å². The lowest BCUT2D eigenvalue weighted by molar-refractivity contribution is -0.119. The van der Waals surface area contributed by atoms with Crippen LogP contribution in [-0.4, -0.2) is 26.1 Å². The van der Waals surface area contributed by atoms with E-state index in [1.54, 1.807) is 12.1 Å². The van der Waals surface area contributed by atoms with Gasteiger partial charge >= 0.3 is 0 Å². The highest BCUT2D eigenvalue weighted by Crippen LogP contribution is 2.18. The zero-order chi connectivity index (χ0) is 13.9. The maximum absolute atomic E-state index is 12.1. The molecule has 0 atom stereocenters. The summed E-state index contributed by atoms with van der Waals surface area (Å²) >= 11 is 0. The van der Waals surface area contributed by atoms with Gasteiger partial charge in [0.1, 0.15) is 5.75 Å². The lowest BCUT2D eigenvalue weighted by atomic mass is 10.2. The van der Waals surface area contributed by atoms with E-state index in [-0.39, 0.29) is 10.9 Å². The Hall–Kier alpha value is -1.56. The van der Waals surface area contributed by atoms with E-state index in [0.29, 0.717) is 5.69 Å². The number of hydrogen-bond donors (Lipinski definition) is 2. The highest BCUT2D eigenvalue weighted by atomic mass is 32.2. The number of anilines is 1. The predicted molar refractivity (Wildman–Crippen MR) is 73.3 cm³/mol. The minimum absolute atomic E-state index is 0.0917. The van der Waals surface area contributed by atoms with Crippen LogP contribution in [-0.2, 0) is 14.6 Å². The molecule has 0 radical (unpaired) electrons. The van der Waals surface area contributed by atoms with Gasteiger partial charge in [-0.3, -0.25) is 4.79 Å². The average Bonchev–Trinajstić information content (AvgIpc) is 2.81. The van der Waals surface area contributed by atoms with Crippen LogP contribution < -0.4 is 11.1 Å². The largest absolute Gasteiger partial charge is 0.399 e. The third-order valence-corrected chi connectivity index (χ3v) is 4.87. The Morgan fingerprint density at radius 2 is 2.00 bits per heavy atom. The molecule has 19 heavy (non-hydrogen) atoms. The topological polar surface area (TPSA) is 89.3 Å². The molecule has 1 amide bonds. The molecule has 2 rings (SSSR count). The second-order valence-corrected chi connectivity index (χ2v) is 6.87. The SMILES string of the molecule is Nc1cccc(S(=O)(=O)CC(=O)NC2CCCC2)c1. The summed E-state index contributed by atoms with van der Waals surface area (Å²) in [4.78, 5) is 11.8. The number of nitrogens with one attached hydrogen (secondary N) is 1. The summed E-state index contributed by atoms with van der Waals surface area (Å²) in [6.45, 7) is 0. The first kappa shape index (κ1) is 13.9. The van der Waals surface area contributed by atoms with Gasteiger partial charge in [-0.1, -0.05) is 18.9 Å². The van der Waals surface area contributed by atoms with Gasteiger partial charge in [0.05, 0.1) is 4.90 Å². The normalized spacial score (nSPS) is 16.4. The molecule has 0 unspecified atom stereocenters. The highest BCUT2D eigenvalue weighted by Gasteiger charge is 2.23. The van der Waals surface area contributed by atoms with Crippen molar-refractivity contribution >= 4 is 21.4 Å². The van der Waals surface area contributed by atoms with Crippen molar-refractivity contribution in [2.45, 2.75) is 36.6 Å². The molecule has 1 aliphatic rings. The first-order valence-corrected chi connectivity index (χ1v) is 8.00. The zero-order valence-electron chi connectivity index (χ0n) is 10.6. The Balaban J connectivity index is 2.02. The number of carbonyl (C=O) groups is 1. The summed E-state index contributed by atoms with van der Waals surface area (Å²) in [6.07, 6.45) is 4.05. The number of sulfone groups is 1. The fourth-order valence-electron chi connectivity index (χ4n) is 2.30. The number of carbonyl (C=O) groups excluding carboxylic acids is 1. The third kappa shape index (κ3) is 3.70. The van der Waals surface area contributed by atoms with Gasteiger partial charge in [-0.2, -0.15) is 0 Å². The van der Waals surface area contributed by atoms with E-state index in [2.05, 4.69) is 5.32 Å². The zero-order valence-corrected chi connectivity index (χ0v) is 11.4. The molecule has 6 heteroatoms. The van der Waals surface area contributed by atoms with E-state index < -0.39 is 21.5 Å². The van der Waals surface area contributed by atoms with E-state index in [4.69, 9.17) is 5.73 Å². The molecule has 1 aliphatic carbocycles. The second kappa shape index (κ2) is 5.61. The number of nitrogen functional groups attached to an aromatic ring is 1. The number of benzene rings is 1. The van der Waals surface area contributed by atoms with Crippen molar-refractivity contribution in [1.82, 2.24) is 5.32 Å². The fraction of sp³-hybridized carbons (Fsp3) is 0.462. The molecular weight excluding hydrogens is 264 g/mol. The molecule has 1 aromatic rings. The predicted octanol–water partition coefficient (Wildman–Crippen LogP) is 1.10. The fourth-order valence-corrected chi connectivity index (χ4v) is 3.50. The van der Waals surface area contributed by atoms with Crippen molar-refractivity contribution in [1.29, 1.82) is 0 Å². The maximum Gasteiger partial charge on any atom is 0.235 e. The van der Waals surface area contributed by atoms with Gasteiger partial charge < -0.3 is 11.1 Å². The lowest BCUT2D eigenvalue weighted by Crippen LogP contribution is -2.36. The van der Waals surface area contributed by atoms with Crippen LogP contribution in [0.4, 0.5) is 5.69 Å². The molecule has 0 spiro atoms. The monoisotopic (exact) mass is 282 g/mol. The molecule has 1 saturated carbocycles. The van der Waals surface area contributed by atoms with Crippen LogP contribution >= 0.6 is 0 Å². The van der Waals surface area contributed by atoms with Crippen LogP contribution in [0.5, 0.6) is 0 Å². The van der Waals surface area contributed by atoms with Crippen molar-refractivity contribution in [2.24, 2.45) is 0 Å². The molecule has 3 N–H and O–H groups in total. The maximum atomic E-state index is 12.1. The van der Waals surface area contributed by atoms with Gasteiger partial charge in [0.2, 0.25) is 5.91 Å². The molecule has 0 aliphatic heterocycles. The Morgan fingerprint density at radius 3 is 2.63 bits per heavy atom. The molecule has 1 fully saturated rings. The minimum Gasteiger partial charge on any atom is -0.399 e. The van der Waals surface area contributed by atoms with Crippen LogP contribution in [0.1, 0.15) is 25.7 Å². The van der Waals surface area contributed by atoms with E-state index >= 15 is 0 Å². The van der Waals surface area contributed by atoms with Crippen LogP contribution in [0.15, 0.2) is 29.2 Å². The van der Waals surface area contributed by atoms with Crippen LogP contribution in [0.25, 0.3) is 0 Å². The summed E-state index contributed by atoms with van der Waals surface area (Å²) in [7, 11) is -3.62. The van der Waals surface area contributed by atoms with Gasteiger partial charge in [0.25, 0.3) is 0 Å². The van der Waals surface area contributed by atoms with Crippen molar-refractivity contribution in [3.05, 3.63) is 24.3 Å². The third-order valence-electron chi connectivity index (χ3n) is 3.26. The van der Waals surface area contributed by atoms with E-state index in [1.165, 1.54) is 12.1 Å². The highest BCUT2D eigenvalue weighted by molar-refractivity contribution is 7.92. The molecule has 0 heterocycles. The summed E-state index contributed by atoms with van der Waals surface area (Å²) < 4.78 is 24.1. The second-order valence-electron chi connectivity index (χ2n) is 4.88. The molecule has 1 aromatic carbocycles. The quantitative estimate of drug-likeness (QED) is 0.809. The first-order chi connectivity index (χ1) is 8.97. The van der Waals surface area contributed by atoms with E-state index in [1.807, 2.05) is 0 Å². The van der Waals surface area contributed by atoms with Crippen LogP contribution in [0, 0.1) is 0 Å². The van der Waals surface area contributed by atoms with Crippen molar-refractivity contribution in [3.8, 4) is 0 Å². The Kier molecular flexibility index (Phi) is 4.09. The van der Waals surface area contributed by atoms with Crippen molar-refractivity contribution < 1.29 is 13.2 Å². The minimum atomic E-state index is -3.62. The average molecular weight is 282 g/mol.